The highest BCUT2D eigenvalue weighted by molar-refractivity contribution is 9.10. The predicted octanol–water partition coefficient (Wildman–Crippen LogP) is 4.27. The van der Waals surface area contributed by atoms with E-state index in [1.807, 2.05) is 0 Å². The predicted molar refractivity (Wildman–Crippen MR) is 112 cm³/mol. The summed E-state index contributed by atoms with van der Waals surface area (Å²) in [7, 11) is -2.36. The Morgan fingerprint density at radius 2 is 1.68 bits per heavy atom. The van der Waals surface area contributed by atoms with Crippen LogP contribution in [0.15, 0.2) is 51.8 Å². The lowest BCUT2D eigenvalue weighted by atomic mass is 10.1. The van der Waals surface area contributed by atoms with Crippen LogP contribution in [-0.2, 0) is 10.0 Å². The molecule has 8 heteroatoms. The maximum Gasteiger partial charge on any atom is 0.261 e. The third kappa shape index (κ3) is 4.86. The van der Waals surface area contributed by atoms with E-state index in [-0.39, 0.29) is 16.4 Å². The number of methoxy groups -OCH3 is 1. The van der Waals surface area contributed by atoms with Crippen LogP contribution >= 0.6 is 15.9 Å². The second kappa shape index (κ2) is 8.96. The topological polar surface area (TPSA) is 75.7 Å². The summed E-state index contributed by atoms with van der Waals surface area (Å²) in [4.78, 5) is 14.8. The number of benzene rings is 2. The summed E-state index contributed by atoms with van der Waals surface area (Å²) >= 11 is 3.32. The molecule has 1 aliphatic rings. The van der Waals surface area contributed by atoms with Gasteiger partial charge in [0.15, 0.2) is 0 Å². The van der Waals surface area contributed by atoms with Crippen molar-refractivity contribution in [3.8, 4) is 5.75 Å². The van der Waals surface area contributed by atoms with Crippen LogP contribution in [0.1, 0.15) is 36.0 Å². The van der Waals surface area contributed by atoms with Gasteiger partial charge in [-0.15, -0.1) is 0 Å². The largest absolute Gasteiger partial charge is 0.496 e. The minimum Gasteiger partial charge on any atom is -0.496 e. The van der Waals surface area contributed by atoms with Gasteiger partial charge >= 0.3 is 0 Å². The van der Waals surface area contributed by atoms with Crippen LogP contribution in [0.4, 0.5) is 5.69 Å². The van der Waals surface area contributed by atoms with Crippen LogP contribution in [0, 0.1) is 0 Å². The Hall–Kier alpha value is -2.06. The number of hydrogen-bond acceptors (Lipinski definition) is 4. The highest BCUT2D eigenvalue weighted by Gasteiger charge is 2.24. The second-order valence-corrected chi connectivity index (χ2v) is 9.28. The van der Waals surface area contributed by atoms with Crippen LogP contribution in [0.5, 0.6) is 5.75 Å². The fourth-order valence-corrected chi connectivity index (χ4v) is 4.55. The number of carbonyl (C=O) groups is 1. The van der Waals surface area contributed by atoms with E-state index >= 15 is 0 Å². The summed E-state index contributed by atoms with van der Waals surface area (Å²) in [6.07, 6.45) is 4.12. The minimum absolute atomic E-state index is 0.0226. The van der Waals surface area contributed by atoms with Gasteiger partial charge in [0.2, 0.25) is 0 Å². The Morgan fingerprint density at radius 1 is 1.04 bits per heavy atom. The number of carbonyl (C=O) groups excluding carboxylic acids is 1. The monoisotopic (exact) mass is 466 g/mol. The molecule has 1 N–H and O–H groups in total. The lowest BCUT2D eigenvalue weighted by Gasteiger charge is -2.22. The first kappa shape index (κ1) is 20.7. The molecule has 2 aromatic carbocycles. The van der Waals surface area contributed by atoms with Gasteiger partial charge in [-0.3, -0.25) is 9.52 Å². The summed E-state index contributed by atoms with van der Waals surface area (Å²) in [5.41, 5.74) is 0.711. The average Bonchev–Trinajstić information content (AvgIpc) is 2.98. The van der Waals surface area contributed by atoms with Crippen LogP contribution in [0.3, 0.4) is 0 Å². The van der Waals surface area contributed by atoms with E-state index in [1.54, 1.807) is 29.2 Å². The van der Waals surface area contributed by atoms with Gasteiger partial charge in [0.1, 0.15) is 5.75 Å². The van der Waals surface area contributed by atoms with Crippen LogP contribution in [0.25, 0.3) is 0 Å². The van der Waals surface area contributed by atoms with Gasteiger partial charge in [-0.25, -0.2) is 8.42 Å². The molecule has 3 rings (SSSR count). The van der Waals surface area contributed by atoms with Gasteiger partial charge < -0.3 is 9.64 Å². The molecule has 0 aliphatic carbocycles. The normalized spacial score (nSPS) is 15.0. The van der Waals surface area contributed by atoms with Crippen molar-refractivity contribution in [2.75, 3.05) is 24.9 Å². The maximum atomic E-state index is 13.0. The molecule has 0 spiro atoms. The molecule has 1 aliphatic heterocycles. The average molecular weight is 467 g/mol. The second-order valence-electron chi connectivity index (χ2n) is 6.68. The molecule has 28 heavy (non-hydrogen) atoms. The zero-order valence-electron chi connectivity index (χ0n) is 15.7. The van der Waals surface area contributed by atoms with Crippen LogP contribution in [0.2, 0.25) is 0 Å². The molecule has 1 fully saturated rings. The van der Waals surface area contributed by atoms with Crippen molar-refractivity contribution in [2.24, 2.45) is 0 Å². The Balaban J connectivity index is 1.90. The number of nitrogens with zero attached hydrogens (tertiary/aromatic N) is 1. The molecule has 0 atom stereocenters. The van der Waals surface area contributed by atoms with E-state index in [1.165, 1.54) is 25.3 Å². The fourth-order valence-electron chi connectivity index (χ4n) is 3.20. The molecule has 2 aromatic rings. The molecule has 0 unspecified atom stereocenters. The summed E-state index contributed by atoms with van der Waals surface area (Å²) in [6.45, 7) is 1.35. The van der Waals surface area contributed by atoms with Gasteiger partial charge in [0, 0.05) is 23.2 Å². The molecule has 6 nitrogen and oxygen atoms in total. The van der Waals surface area contributed by atoms with Crippen molar-refractivity contribution in [3.05, 3.63) is 52.5 Å². The summed E-state index contributed by atoms with van der Waals surface area (Å²) in [5.74, 6) is 0.177. The number of sulfonamides is 1. The molecule has 1 amide bonds. The van der Waals surface area contributed by atoms with Gasteiger partial charge in [-0.1, -0.05) is 28.8 Å². The van der Waals surface area contributed by atoms with E-state index in [9.17, 15) is 13.2 Å². The molecule has 0 saturated carbocycles. The lowest BCUT2D eigenvalue weighted by molar-refractivity contribution is 0.0758. The third-order valence-electron chi connectivity index (χ3n) is 4.70. The van der Waals surface area contributed by atoms with Gasteiger partial charge in [-0.2, -0.15) is 0 Å². The van der Waals surface area contributed by atoms with Crippen LogP contribution in [-0.4, -0.2) is 39.4 Å². The molecule has 150 valence electrons. The SMILES string of the molecule is COc1ccc(S(=O)(=O)Nc2ccc(Br)cc2)cc1C(=O)N1CCCCCC1. The minimum atomic E-state index is -3.84. The van der Waals surface area contributed by atoms with E-state index < -0.39 is 10.0 Å². The number of likely N-dealkylation sites (tertiary alicyclic amines) is 1. The molecular weight excluding hydrogens is 444 g/mol. The van der Waals surface area contributed by atoms with Gasteiger partial charge in [-0.05, 0) is 55.3 Å². The van der Waals surface area contributed by atoms with Gasteiger partial charge in [0.25, 0.3) is 15.9 Å². The number of ether oxygens (including phenoxy) is 1. The lowest BCUT2D eigenvalue weighted by Crippen LogP contribution is -2.32. The number of amides is 1. The first-order chi connectivity index (χ1) is 13.4. The van der Waals surface area contributed by atoms with E-state index in [2.05, 4.69) is 20.7 Å². The smallest absolute Gasteiger partial charge is 0.261 e. The molecule has 0 radical (unpaired) electrons. The Morgan fingerprint density at radius 3 is 2.29 bits per heavy atom. The molecule has 1 heterocycles. The quantitative estimate of drug-likeness (QED) is 0.713. The summed E-state index contributed by atoms with van der Waals surface area (Å²) in [6, 6.07) is 11.2. The molecular formula is C20H23BrN2O4S. The van der Waals surface area contributed by atoms with Crippen molar-refractivity contribution in [2.45, 2.75) is 30.6 Å². The number of hydrogen-bond donors (Lipinski definition) is 1. The van der Waals surface area contributed by atoms with Crippen molar-refractivity contribution < 1.29 is 17.9 Å². The van der Waals surface area contributed by atoms with Gasteiger partial charge in [0.05, 0.1) is 17.6 Å². The number of nitrogens with one attached hydrogen (secondary N) is 1. The van der Waals surface area contributed by atoms with Crippen molar-refractivity contribution in [1.29, 1.82) is 0 Å². The zero-order chi connectivity index (χ0) is 20.1. The highest BCUT2D eigenvalue weighted by atomic mass is 79.9. The highest BCUT2D eigenvalue weighted by Crippen LogP contribution is 2.26. The van der Waals surface area contributed by atoms with Crippen molar-refractivity contribution in [3.63, 3.8) is 0 Å². The standard InChI is InChI=1S/C20H23BrN2O4S/c1-27-19-11-10-17(28(25,26)22-16-8-6-15(21)7-9-16)14-18(19)20(24)23-12-4-2-3-5-13-23/h6-11,14,22H,2-5,12-13H2,1H3. The Kier molecular flexibility index (Phi) is 6.61. The van der Waals surface area contributed by atoms with Crippen molar-refractivity contribution >= 4 is 37.5 Å². The fraction of sp³-hybridized carbons (Fsp3) is 0.350. The van der Waals surface area contributed by atoms with Crippen LogP contribution < -0.4 is 9.46 Å². The molecule has 0 aromatic heterocycles. The first-order valence-electron chi connectivity index (χ1n) is 9.16. The van der Waals surface area contributed by atoms with Crippen molar-refractivity contribution in [1.82, 2.24) is 4.90 Å². The number of anilines is 1. The third-order valence-corrected chi connectivity index (χ3v) is 6.61. The Bertz CT molecular complexity index is 937. The van der Waals surface area contributed by atoms with E-state index in [4.69, 9.17) is 4.74 Å². The number of halogens is 1. The molecule has 1 saturated heterocycles. The Labute approximate surface area is 174 Å². The molecule has 0 bridgehead atoms. The maximum absolute atomic E-state index is 13.0. The summed E-state index contributed by atoms with van der Waals surface area (Å²) in [5, 5.41) is 0. The zero-order valence-corrected chi connectivity index (χ0v) is 18.1. The summed E-state index contributed by atoms with van der Waals surface area (Å²) < 4.78 is 34.3. The van der Waals surface area contributed by atoms with E-state index in [0.717, 1.165) is 30.2 Å². The number of rotatable bonds is 5. The van der Waals surface area contributed by atoms with E-state index in [0.29, 0.717) is 24.5 Å². The first-order valence-corrected chi connectivity index (χ1v) is 11.4.